The van der Waals surface area contributed by atoms with Crippen LogP contribution in [0.1, 0.15) is 18.5 Å². The van der Waals surface area contributed by atoms with Gasteiger partial charge in [-0.05, 0) is 30.2 Å². The van der Waals surface area contributed by atoms with Crippen LogP contribution in [0.2, 0.25) is 0 Å². The van der Waals surface area contributed by atoms with E-state index in [1.165, 1.54) is 0 Å². The second-order valence-corrected chi connectivity index (χ2v) is 6.57. The lowest BCUT2D eigenvalue weighted by atomic mass is 9.96. The summed E-state index contributed by atoms with van der Waals surface area (Å²) in [5.74, 6) is 0.607. The van der Waals surface area contributed by atoms with Gasteiger partial charge in [-0.15, -0.1) is 6.58 Å². The average Bonchev–Trinajstić information content (AvgIpc) is 2.73. The maximum absolute atomic E-state index is 12.9. The van der Waals surface area contributed by atoms with Gasteiger partial charge in [0.15, 0.2) is 0 Å². The number of nitrogens with one attached hydrogen (secondary N) is 1. The summed E-state index contributed by atoms with van der Waals surface area (Å²) in [5, 5.41) is 4.35. The van der Waals surface area contributed by atoms with Crippen molar-refractivity contribution in [3.63, 3.8) is 0 Å². The lowest BCUT2D eigenvalue weighted by Gasteiger charge is -2.18. The van der Waals surface area contributed by atoms with Crippen molar-refractivity contribution in [3.05, 3.63) is 77.2 Å². The van der Waals surface area contributed by atoms with Gasteiger partial charge < -0.3 is 14.6 Å². The highest BCUT2D eigenvalue weighted by Crippen LogP contribution is 2.32. The molecule has 0 saturated heterocycles. The first kappa shape index (κ1) is 19.4. The van der Waals surface area contributed by atoms with Gasteiger partial charge in [-0.2, -0.15) is 0 Å². The van der Waals surface area contributed by atoms with E-state index in [0.717, 1.165) is 22.2 Å². The summed E-state index contributed by atoms with van der Waals surface area (Å²) in [5.41, 5.74) is 2.55. The van der Waals surface area contributed by atoms with Gasteiger partial charge in [-0.1, -0.05) is 36.4 Å². The number of benzene rings is 2. The predicted octanol–water partition coefficient (Wildman–Crippen LogP) is 3.80. The molecule has 3 aromatic rings. The molecule has 0 aliphatic heterocycles. The fourth-order valence-corrected chi connectivity index (χ4v) is 3.31. The van der Waals surface area contributed by atoms with Gasteiger partial charge >= 0.3 is 0 Å². The first-order chi connectivity index (χ1) is 13.6. The topological polar surface area (TPSA) is 60.3 Å². The summed E-state index contributed by atoms with van der Waals surface area (Å²) in [6.45, 7) is 3.91. The van der Waals surface area contributed by atoms with Crippen LogP contribution >= 0.6 is 0 Å². The molecule has 0 bridgehead atoms. The molecule has 3 rings (SSSR count). The Bertz CT molecular complexity index is 1070. The van der Waals surface area contributed by atoms with Gasteiger partial charge in [0.25, 0.3) is 5.56 Å². The number of carbonyl (C=O) groups excluding carboxylic acids is 1. The Morgan fingerprint density at radius 3 is 2.61 bits per heavy atom. The van der Waals surface area contributed by atoms with Crippen molar-refractivity contribution in [2.45, 2.75) is 19.4 Å². The third kappa shape index (κ3) is 3.83. The van der Waals surface area contributed by atoms with Crippen molar-refractivity contribution in [2.24, 2.45) is 7.05 Å². The average molecular weight is 376 g/mol. The van der Waals surface area contributed by atoms with Crippen LogP contribution in [0.25, 0.3) is 21.9 Å². The van der Waals surface area contributed by atoms with Crippen molar-refractivity contribution in [1.29, 1.82) is 0 Å². The number of amides is 1. The minimum Gasteiger partial charge on any atom is -0.497 e. The van der Waals surface area contributed by atoms with Crippen molar-refractivity contribution < 1.29 is 9.53 Å². The SMILES string of the molecule is C=CCCC(=O)NCc1c(-c2ccccc2)c2cc(OC)ccc2c(=O)n1C. The van der Waals surface area contributed by atoms with Gasteiger partial charge in [0.05, 0.1) is 13.7 Å². The van der Waals surface area contributed by atoms with E-state index in [4.69, 9.17) is 4.74 Å². The number of nitrogens with zero attached hydrogens (tertiary/aromatic N) is 1. The quantitative estimate of drug-likeness (QED) is 0.638. The van der Waals surface area contributed by atoms with Crippen molar-refractivity contribution in [2.75, 3.05) is 7.11 Å². The van der Waals surface area contributed by atoms with E-state index in [2.05, 4.69) is 11.9 Å². The largest absolute Gasteiger partial charge is 0.497 e. The van der Waals surface area contributed by atoms with E-state index >= 15 is 0 Å². The Hall–Kier alpha value is -3.34. The van der Waals surface area contributed by atoms with Gasteiger partial charge in [0.2, 0.25) is 5.91 Å². The minimum atomic E-state index is -0.104. The summed E-state index contributed by atoms with van der Waals surface area (Å²) in [7, 11) is 3.34. The summed E-state index contributed by atoms with van der Waals surface area (Å²) in [4.78, 5) is 25.1. The Morgan fingerprint density at radius 1 is 1.18 bits per heavy atom. The number of carbonyl (C=O) groups is 1. The number of methoxy groups -OCH3 is 1. The lowest BCUT2D eigenvalue weighted by Crippen LogP contribution is -2.29. The first-order valence-electron chi connectivity index (χ1n) is 9.19. The molecule has 0 atom stereocenters. The second-order valence-electron chi connectivity index (χ2n) is 6.57. The van der Waals surface area contributed by atoms with Crippen LogP contribution in [-0.2, 0) is 18.4 Å². The fraction of sp³-hybridized carbons (Fsp3) is 0.217. The molecule has 1 amide bonds. The number of allylic oxidation sites excluding steroid dienone is 1. The molecule has 28 heavy (non-hydrogen) atoms. The van der Waals surface area contributed by atoms with Gasteiger partial charge in [-0.3, -0.25) is 9.59 Å². The highest BCUT2D eigenvalue weighted by Gasteiger charge is 2.17. The second kappa shape index (κ2) is 8.57. The predicted molar refractivity (Wildman–Crippen MR) is 112 cm³/mol. The highest BCUT2D eigenvalue weighted by atomic mass is 16.5. The number of ether oxygens (including phenoxy) is 1. The number of aromatic nitrogens is 1. The third-order valence-corrected chi connectivity index (χ3v) is 4.82. The molecule has 144 valence electrons. The summed E-state index contributed by atoms with van der Waals surface area (Å²) in [6, 6.07) is 15.3. The molecule has 0 unspecified atom stereocenters. The van der Waals surface area contributed by atoms with Crippen LogP contribution in [0.15, 0.2) is 66.0 Å². The van der Waals surface area contributed by atoms with E-state index < -0.39 is 0 Å². The molecule has 0 spiro atoms. The molecule has 1 N–H and O–H groups in total. The normalized spacial score (nSPS) is 10.6. The van der Waals surface area contributed by atoms with E-state index in [1.54, 1.807) is 36.9 Å². The Kier molecular flexibility index (Phi) is 5.94. The first-order valence-corrected chi connectivity index (χ1v) is 9.19. The van der Waals surface area contributed by atoms with Crippen molar-refractivity contribution >= 4 is 16.7 Å². The number of pyridine rings is 1. The van der Waals surface area contributed by atoms with E-state index in [1.807, 2.05) is 36.4 Å². The molecule has 1 heterocycles. The van der Waals surface area contributed by atoms with E-state index in [-0.39, 0.29) is 18.0 Å². The number of hydrogen-bond donors (Lipinski definition) is 1. The Labute approximate surface area is 164 Å². The van der Waals surface area contributed by atoms with Crippen molar-refractivity contribution in [1.82, 2.24) is 9.88 Å². The number of hydrogen-bond acceptors (Lipinski definition) is 3. The molecule has 5 heteroatoms. The van der Waals surface area contributed by atoms with Crippen molar-refractivity contribution in [3.8, 4) is 16.9 Å². The fourth-order valence-electron chi connectivity index (χ4n) is 3.31. The van der Waals surface area contributed by atoms with Gasteiger partial charge in [0.1, 0.15) is 5.75 Å². The maximum Gasteiger partial charge on any atom is 0.258 e. The number of rotatable bonds is 7. The van der Waals surface area contributed by atoms with Gasteiger partial charge in [-0.25, -0.2) is 0 Å². The molecule has 0 fully saturated rings. The zero-order valence-electron chi connectivity index (χ0n) is 16.2. The monoisotopic (exact) mass is 376 g/mol. The van der Waals surface area contributed by atoms with E-state index in [0.29, 0.717) is 24.0 Å². The molecular weight excluding hydrogens is 352 g/mol. The Morgan fingerprint density at radius 2 is 1.93 bits per heavy atom. The molecule has 0 saturated carbocycles. The highest BCUT2D eigenvalue weighted by molar-refractivity contribution is 5.98. The molecule has 5 nitrogen and oxygen atoms in total. The van der Waals surface area contributed by atoms with E-state index in [9.17, 15) is 9.59 Å². The van der Waals surface area contributed by atoms with Crippen LogP contribution in [0.4, 0.5) is 0 Å². The molecule has 0 aliphatic carbocycles. The molecule has 0 aliphatic rings. The lowest BCUT2D eigenvalue weighted by molar-refractivity contribution is -0.121. The maximum atomic E-state index is 12.9. The molecule has 1 aromatic heterocycles. The van der Waals surface area contributed by atoms with Crippen LogP contribution < -0.4 is 15.6 Å². The standard InChI is InChI=1S/C23H24N2O3/c1-4-5-11-21(26)24-15-20-22(16-9-7-6-8-10-16)19-14-17(28-3)12-13-18(19)23(27)25(20)2/h4,6-10,12-14H,1,5,11,15H2,2-3H3,(H,24,26). The summed E-state index contributed by atoms with van der Waals surface area (Å²) < 4.78 is 6.99. The Balaban J connectivity index is 2.20. The third-order valence-electron chi connectivity index (χ3n) is 4.82. The van der Waals surface area contributed by atoms with Crippen LogP contribution in [0, 0.1) is 0 Å². The number of fused-ring (bicyclic) bond motifs is 1. The zero-order chi connectivity index (χ0) is 20.1. The smallest absolute Gasteiger partial charge is 0.258 e. The van der Waals surface area contributed by atoms with Crippen LogP contribution in [-0.4, -0.2) is 17.6 Å². The summed E-state index contributed by atoms with van der Waals surface area (Å²) in [6.07, 6.45) is 2.71. The minimum absolute atomic E-state index is 0.0721. The van der Waals surface area contributed by atoms with Crippen LogP contribution in [0.3, 0.4) is 0 Å². The van der Waals surface area contributed by atoms with Crippen LogP contribution in [0.5, 0.6) is 5.75 Å². The summed E-state index contributed by atoms with van der Waals surface area (Å²) >= 11 is 0. The molecule has 2 aromatic carbocycles. The zero-order valence-corrected chi connectivity index (χ0v) is 16.2. The molecule has 0 radical (unpaired) electrons. The molecular formula is C23H24N2O3. The van der Waals surface area contributed by atoms with Gasteiger partial charge in [0, 0.05) is 35.5 Å².